The molecule has 0 aromatic carbocycles. The van der Waals surface area contributed by atoms with Gasteiger partial charge >= 0.3 is 12.3 Å². The Morgan fingerprint density at radius 2 is 1.85 bits per heavy atom. The molecule has 2 N–H and O–H groups in total. The first kappa shape index (κ1) is 14.3. The molecule has 0 aliphatic heterocycles. The standard InChI is InChI=1S/C5H7F3O.CH2O3/c1-2-3-9-4-5(6,7)8;2-1(3)4/h2H,1,3-4H2;(H2,2,3,4). The van der Waals surface area contributed by atoms with Crippen molar-refractivity contribution >= 4 is 6.16 Å². The maximum absolute atomic E-state index is 11.2. The van der Waals surface area contributed by atoms with Crippen LogP contribution in [0.5, 0.6) is 0 Å². The number of hydrogen-bond acceptors (Lipinski definition) is 2. The molecule has 0 unspecified atom stereocenters. The van der Waals surface area contributed by atoms with E-state index >= 15 is 0 Å². The third-order valence-corrected chi connectivity index (χ3v) is 0.501. The Labute approximate surface area is 72.2 Å². The Balaban J connectivity index is 0. The molecule has 0 amide bonds. The minimum absolute atomic E-state index is 0.0560. The molecule has 0 heterocycles. The maximum atomic E-state index is 11.2. The number of carbonyl (C=O) groups is 1. The van der Waals surface area contributed by atoms with Gasteiger partial charge in [0.1, 0.15) is 6.61 Å². The van der Waals surface area contributed by atoms with Gasteiger partial charge in [-0.1, -0.05) is 6.08 Å². The van der Waals surface area contributed by atoms with E-state index in [-0.39, 0.29) is 6.61 Å². The van der Waals surface area contributed by atoms with Gasteiger partial charge in [-0.3, -0.25) is 0 Å². The van der Waals surface area contributed by atoms with Crippen LogP contribution in [0.4, 0.5) is 18.0 Å². The third kappa shape index (κ3) is 36.4. The molecule has 0 aliphatic carbocycles. The molecular weight excluding hydrogens is 193 g/mol. The summed E-state index contributed by atoms with van der Waals surface area (Å²) in [6.07, 6.45) is -4.78. The molecule has 0 atom stereocenters. The Morgan fingerprint density at radius 3 is 2.08 bits per heavy atom. The van der Waals surface area contributed by atoms with Gasteiger partial charge in [-0.05, 0) is 0 Å². The van der Waals surface area contributed by atoms with Crippen molar-refractivity contribution in [1.29, 1.82) is 0 Å². The minimum atomic E-state index is -4.22. The number of rotatable bonds is 3. The van der Waals surface area contributed by atoms with Gasteiger partial charge in [-0.15, -0.1) is 6.58 Å². The molecule has 0 fully saturated rings. The molecule has 0 rings (SSSR count). The summed E-state index contributed by atoms with van der Waals surface area (Å²) in [6.45, 7) is 1.94. The number of halogens is 3. The zero-order chi connectivity index (χ0) is 10.9. The molecule has 0 aromatic rings. The fraction of sp³-hybridized carbons (Fsp3) is 0.500. The quantitative estimate of drug-likeness (QED) is 0.542. The second kappa shape index (κ2) is 7.41. The highest BCUT2D eigenvalue weighted by atomic mass is 19.4. The van der Waals surface area contributed by atoms with E-state index < -0.39 is 18.9 Å². The molecule has 13 heavy (non-hydrogen) atoms. The number of alkyl halides is 3. The predicted molar refractivity (Wildman–Crippen MR) is 37.7 cm³/mol. The summed E-state index contributed by atoms with van der Waals surface area (Å²) in [5, 5.41) is 13.9. The van der Waals surface area contributed by atoms with Gasteiger partial charge in [0.2, 0.25) is 0 Å². The van der Waals surface area contributed by atoms with Crippen LogP contribution in [0.3, 0.4) is 0 Å². The van der Waals surface area contributed by atoms with Gasteiger partial charge in [0.05, 0.1) is 6.61 Å². The lowest BCUT2D eigenvalue weighted by atomic mass is 10.6. The first-order chi connectivity index (χ1) is 5.79. The van der Waals surface area contributed by atoms with Crippen LogP contribution in [0.25, 0.3) is 0 Å². The maximum Gasteiger partial charge on any atom is 0.503 e. The summed E-state index contributed by atoms with van der Waals surface area (Å²) in [5.41, 5.74) is 0. The fourth-order valence-electron chi connectivity index (χ4n) is 0.258. The molecule has 78 valence electrons. The lowest BCUT2D eigenvalue weighted by Gasteiger charge is -2.04. The second-order valence-electron chi connectivity index (χ2n) is 1.70. The molecule has 7 heteroatoms. The highest BCUT2D eigenvalue weighted by molar-refractivity contribution is 5.53. The smallest absolute Gasteiger partial charge is 0.450 e. The Bertz CT molecular complexity index is 150. The lowest BCUT2D eigenvalue weighted by molar-refractivity contribution is -0.171. The van der Waals surface area contributed by atoms with E-state index in [1.54, 1.807) is 0 Å². The zero-order valence-corrected chi connectivity index (χ0v) is 6.54. The van der Waals surface area contributed by atoms with Gasteiger partial charge in [-0.25, -0.2) is 4.79 Å². The Morgan fingerprint density at radius 1 is 1.46 bits per heavy atom. The summed E-state index contributed by atoms with van der Waals surface area (Å²) in [5.74, 6) is 0. The highest BCUT2D eigenvalue weighted by Gasteiger charge is 2.26. The molecule has 0 radical (unpaired) electrons. The minimum Gasteiger partial charge on any atom is -0.450 e. The average Bonchev–Trinajstić information content (AvgIpc) is 1.83. The number of hydrogen-bond donors (Lipinski definition) is 2. The van der Waals surface area contributed by atoms with Crippen LogP contribution < -0.4 is 0 Å². The monoisotopic (exact) mass is 202 g/mol. The Kier molecular flexibility index (Phi) is 8.15. The van der Waals surface area contributed by atoms with Crippen LogP contribution in [-0.2, 0) is 4.74 Å². The van der Waals surface area contributed by atoms with E-state index in [2.05, 4.69) is 11.3 Å². The van der Waals surface area contributed by atoms with Crippen LogP contribution in [0, 0.1) is 0 Å². The molecular formula is C6H9F3O4. The van der Waals surface area contributed by atoms with Gasteiger partial charge in [0.15, 0.2) is 0 Å². The highest BCUT2D eigenvalue weighted by Crippen LogP contribution is 2.13. The summed E-state index contributed by atoms with van der Waals surface area (Å²) in [7, 11) is 0. The van der Waals surface area contributed by atoms with E-state index in [9.17, 15) is 13.2 Å². The summed E-state index contributed by atoms with van der Waals surface area (Å²) < 4.78 is 37.8. The summed E-state index contributed by atoms with van der Waals surface area (Å²) in [4.78, 5) is 8.56. The molecule has 0 aliphatic rings. The van der Waals surface area contributed by atoms with Crippen molar-refractivity contribution in [1.82, 2.24) is 0 Å². The molecule has 0 saturated heterocycles. The van der Waals surface area contributed by atoms with Crippen molar-refractivity contribution in [3.05, 3.63) is 12.7 Å². The fourth-order valence-corrected chi connectivity index (χ4v) is 0.258. The first-order valence-electron chi connectivity index (χ1n) is 2.97. The van der Waals surface area contributed by atoms with Crippen molar-refractivity contribution in [3.8, 4) is 0 Å². The van der Waals surface area contributed by atoms with Crippen LogP contribution in [-0.4, -0.2) is 35.8 Å². The first-order valence-corrected chi connectivity index (χ1v) is 2.97. The van der Waals surface area contributed by atoms with Gasteiger partial charge in [0, 0.05) is 0 Å². The molecule has 4 nitrogen and oxygen atoms in total. The van der Waals surface area contributed by atoms with Gasteiger partial charge < -0.3 is 14.9 Å². The Hall–Kier alpha value is -1.24. The lowest BCUT2D eigenvalue weighted by Crippen LogP contribution is -2.16. The van der Waals surface area contributed by atoms with E-state index in [1.165, 1.54) is 6.08 Å². The van der Waals surface area contributed by atoms with Crippen LogP contribution in [0.15, 0.2) is 12.7 Å². The summed E-state index contributed by atoms with van der Waals surface area (Å²) >= 11 is 0. The SMILES string of the molecule is C=CCOCC(F)(F)F.O=C(O)O. The van der Waals surface area contributed by atoms with E-state index in [1.807, 2.05) is 0 Å². The third-order valence-electron chi connectivity index (χ3n) is 0.501. The van der Waals surface area contributed by atoms with Crippen LogP contribution in [0.2, 0.25) is 0 Å². The molecule has 0 bridgehead atoms. The zero-order valence-electron chi connectivity index (χ0n) is 6.54. The summed E-state index contributed by atoms with van der Waals surface area (Å²) in [6, 6.07) is 0. The van der Waals surface area contributed by atoms with Crippen LogP contribution in [0.1, 0.15) is 0 Å². The van der Waals surface area contributed by atoms with Gasteiger partial charge in [-0.2, -0.15) is 13.2 Å². The topological polar surface area (TPSA) is 66.8 Å². The van der Waals surface area contributed by atoms with Crippen LogP contribution >= 0.6 is 0 Å². The molecule has 0 spiro atoms. The normalized spacial score (nSPS) is 9.77. The van der Waals surface area contributed by atoms with E-state index in [4.69, 9.17) is 15.0 Å². The van der Waals surface area contributed by atoms with Gasteiger partial charge in [0.25, 0.3) is 0 Å². The van der Waals surface area contributed by atoms with Crippen molar-refractivity contribution in [2.45, 2.75) is 6.18 Å². The van der Waals surface area contributed by atoms with E-state index in [0.29, 0.717) is 0 Å². The second-order valence-corrected chi connectivity index (χ2v) is 1.70. The van der Waals surface area contributed by atoms with Crippen molar-refractivity contribution < 1.29 is 32.9 Å². The number of carboxylic acid groups (broad SMARTS) is 2. The van der Waals surface area contributed by atoms with E-state index in [0.717, 1.165) is 0 Å². The average molecular weight is 202 g/mol. The largest absolute Gasteiger partial charge is 0.503 e. The molecule has 0 saturated carbocycles. The van der Waals surface area contributed by atoms with Crippen molar-refractivity contribution in [2.75, 3.05) is 13.2 Å². The van der Waals surface area contributed by atoms with Crippen molar-refractivity contribution in [3.63, 3.8) is 0 Å². The molecule has 0 aromatic heterocycles. The van der Waals surface area contributed by atoms with Crippen molar-refractivity contribution in [2.24, 2.45) is 0 Å². The number of ether oxygens (including phenoxy) is 1. The predicted octanol–water partition coefficient (Wildman–Crippen LogP) is 1.97.